The molecule has 1 N–H and O–H groups in total. The SMILES string of the molecule is CN(C1CCNC1)S(=O)(=O)c1cn2c(n1)CCCC2. The van der Waals surface area contributed by atoms with E-state index in [4.69, 9.17) is 0 Å². The van der Waals surface area contributed by atoms with E-state index in [-0.39, 0.29) is 11.1 Å². The standard InChI is InChI=1S/C12H20N4O2S/c1-15(10-5-6-13-8-10)19(17,18)12-9-16-7-3-2-4-11(16)14-12/h9-10,13H,2-8H2,1H3. The van der Waals surface area contributed by atoms with Gasteiger partial charge in [0.2, 0.25) is 0 Å². The lowest BCUT2D eigenvalue weighted by Gasteiger charge is -2.21. The van der Waals surface area contributed by atoms with Gasteiger partial charge in [-0.25, -0.2) is 13.4 Å². The lowest BCUT2D eigenvalue weighted by Crippen LogP contribution is -2.38. The Balaban J connectivity index is 1.88. The molecule has 2 aliphatic heterocycles. The third-order valence-corrected chi connectivity index (χ3v) is 5.86. The Labute approximate surface area is 113 Å². The zero-order valence-corrected chi connectivity index (χ0v) is 12.0. The van der Waals surface area contributed by atoms with Crippen LogP contribution in [-0.2, 0) is 23.0 Å². The number of fused-ring (bicyclic) bond motifs is 1. The molecule has 3 heterocycles. The summed E-state index contributed by atoms with van der Waals surface area (Å²) in [7, 11) is -1.80. The number of likely N-dealkylation sites (N-methyl/N-ethyl adjacent to an activating group) is 1. The first-order chi connectivity index (χ1) is 9.09. The van der Waals surface area contributed by atoms with Crippen molar-refractivity contribution in [3.8, 4) is 0 Å². The van der Waals surface area contributed by atoms with Crippen LogP contribution in [0.1, 0.15) is 25.1 Å². The summed E-state index contributed by atoms with van der Waals surface area (Å²) in [5.74, 6) is 0.905. The molecule has 2 aliphatic rings. The average molecular weight is 284 g/mol. The molecule has 1 aromatic rings. The van der Waals surface area contributed by atoms with Gasteiger partial charge in [0.15, 0.2) is 5.03 Å². The fourth-order valence-electron chi connectivity index (χ4n) is 2.80. The van der Waals surface area contributed by atoms with E-state index in [1.54, 1.807) is 13.2 Å². The van der Waals surface area contributed by atoms with E-state index in [1.165, 1.54) is 4.31 Å². The van der Waals surface area contributed by atoms with Crippen molar-refractivity contribution < 1.29 is 8.42 Å². The minimum atomic E-state index is -3.46. The molecule has 1 unspecified atom stereocenters. The molecule has 0 amide bonds. The zero-order chi connectivity index (χ0) is 13.5. The molecule has 106 valence electrons. The third-order valence-electron chi connectivity index (χ3n) is 4.08. The van der Waals surface area contributed by atoms with Gasteiger partial charge < -0.3 is 9.88 Å². The van der Waals surface area contributed by atoms with E-state index < -0.39 is 10.0 Å². The van der Waals surface area contributed by atoms with E-state index in [9.17, 15) is 8.42 Å². The molecular formula is C12H20N4O2S. The summed E-state index contributed by atoms with van der Waals surface area (Å²) in [4.78, 5) is 4.33. The summed E-state index contributed by atoms with van der Waals surface area (Å²) >= 11 is 0. The number of hydrogen-bond donors (Lipinski definition) is 1. The van der Waals surface area contributed by atoms with Crippen LogP contribution in [0.3, 0.4) is 0 Å². The molecule has 0 aliphatic carbocycles. The maximum atomic E-state index is 12.6. The number of rotatable bonds is 3. The number of hydrogen-bond acceptors (Lipinski definition) is 4. The zero-order valence-electron chi connectivity index (χ0n) is 11.2. The Morgan fingerprint density at radius 2 is 2.32 bits per heavy atom. The lowest BCUT2D eigenvalue weighted by molar-refractivity contribution is 0.386. The van der Waals surface area contributed by atoms with Crippen molar-refractivity contribution in [3.63, 3.8) is 0 Å². The number of imidazole rings is 1. The van der Waals surface area contributed by atoms with Crippen LogP contribution in [0.4, 0.5) is 0 Å². The molecule has 0 saturated carbocycles. The summed E-state index contributed by atoms with van der Waals surface area (Å²) in [6, 6.07) is 0.0451. The van der Waals surface area contributed by atoms with Gasteiger partial charge >= 0.3 is 0 Å². The van der Waals surface area contributed by atoms with Crippen LogP contribution in [0.5, 0.6) is 0 Å². The van der Waals surface area contributed by atoms with Crippen molar-refractivity contribution in [3.05, 3.63) is 12.0 Å². The van der Waals surface area contributed by atoms with Gasteiger partial charge in [-0.1, -0.05) is 0 Å². The minimum Gasteiger partial charge on any atom is -0.333 e. The van der Waals surface area contributed by atoms with Gasteiger partial charge in [0.25, 0.3) is 10.0 Å². The molecule has 1 fully saturated rings. The average Bonchev–Trinajstić information content (AvgIpc) is 3.06. The molecule has 1 aromatic heterocycles. The number of sulfonamides is 1. The quantitative estimate of drug-likeness (QED) is 0.861. The molecule has 1 saturated heterocycles. The number of aryl methyl sites for hydroxylation is 2. The van der Waals surface area contributed by atoms with Gasteiger partial charge in [-0.15, -0.1) is 0 Å². The van der Waals surface area contributed by atoms with E-state index in [0.717, 1.165) is 51.1 Å². The minimum absolute atomic E-state index is 0.0451. The van der Waals surface area contributed by atoms with E-state index >= 15 is 0 Å². The smallest absolute Gasteiger partial charge is 0.262 e. The van der Waals surface area contributed by atoms with Crippen LogP contribution in [0, 0.1) is 0 Å². The summed E-state index contributed by atoms with van der Waals surface area (Å²) in [6.45, 7) is 2.49. The van der Waals surface area contributed by atoms with Crippen LogP contribution < -0.4 is 5.32 Å². The Morgan fingerprint density at radius 1 is 1.47 bits per heavy atom. The molecule has 0 aromatic carbocycles. The van der Waals surface area contributed by atoms with Crippen LogP contribution in [0.2, 0.25) is 0 Å². The second-order valence-corrected chi connectivity index (χ2v) is 7.26. The molecule has 0 spiro atoms. The largest absolute Gasteiger partial charge is 0.333 e. The highest BCUT2D eigenvalue weighted by Crippen LogP contribution is 2.21. The fraction of sp³-hybridized carbons (Fsp3) is 0.750. The Kier molecular flexibility index (Phi) is 3.36. The maximum Gasteiger partial charge on any atom is 0.262 e. The Morgan fingerprint density at radius 3 is 3.00 bits per heavy atom. The van der Waals surface area contributed by atoms with E-state index in [2.05, 4.69) is 10.3 Å². The van der Waals surface area contributed by atoms with Gasteiger partial charge in [0.05, 0.1) is 0 Å². The Bertz CT molecular complexity index is 537. The second-order valence-electron chi connectivity index (χ2n) is 5.31. The van der Waals surface area contributed by atoms with Crippen LogP contribution in [0.25, 0.3) is 0 Å². The van der Waals surface area contributed by atoms with Crippen molar-refractivity contribution in [2.75, 3.05) is 20.1 Å². The Hall–Kier alpha value is -0.920. The summed E-state index contributed by atoms with van der Waals surface area (Å²) < 4.78 is 28.6. The molecule has 0 radical (unpaired) electrons. The molecule has 19 heavy (non-hydrogen) atoms. The maximum absolute atomic E-state index is 12.6. The van der Waals surface area contributed by atoms with Gasteiger partial charge in [-0.2, -0.15) is 4.31 Å². The topological polar surface area (TPSA) is 67.2 Å². The first-order valence-corrected chi connectivity index (χ1v) is 8.28. The first kappa shape index (κ1) is 13.1. The van der Waals surface area contributed by atoms with Gasteiger partial charge in [0.1, 0.15) is 5.82 Å². The number of aromatic nitrogens is 2. The molecule has 3 rings (SSSR count). The highest BCUT2D eigenvalue weighted by Gasteiger charge is 2.32. The van der Waals surface area contributed by atoms with Crippen molar-refractivity contribution >= 4 is 10.0 Å². The predicted molar refractivity (Wildman–Crippen MR) is 71.4 cm³/mol. The lowest BCUT2D eigenvalue weighted by atomic mass is 10.2. The van der Waals surface area contributed by atoms with E-state index in [0.29, 0.717) is 0 Å². The van der Waals surface area contributed by atoms with Crippen LogP contribution in [0.15, 0.2) is 11.2 Å². The van der Waals surface area contributed by atoms with Gasteiger partial charge in [-0.3, -0.25) is 0 Å². The van der Waals surface area contributed by atoms with Crippen LogP contribution >= 0.6 is 0 Å². The summed E-state index contributed by atoms with van der Waals surface area (Å²) in [6.07, 6.45) is 5.64. The third kappa shape index (κ3) is 2.30. The number of nitrogens with one attached hydrogen (secondary N) is 1. The van der Waals surface area contributed by atoms with Crippen LogP contribution in [-0.4, -0.2) is 48.5 Å². The van der Waals surface area contributed by atoms with Gasteiger partial charge in [-0.05, 0) is 25.8 Å². The predicted octanol–water partition coefficient (Wildman–Crippen LogP) is 0.202. The fourth-order valence-corrected chi connectivity index (χ4v) is 4.15. The van der Waals surface area contributed by atoms with E-state index in [1.807, 2.05) is 4.57 Å². The van der Waals surface area contributed by atoms with Crippen molar-refractivity contribution in [2.24, 2.45) is 0 Å². The second kappa shape index (κ2) is 4.88. The molecular weight excluding hydrogens is 264 g/mol. The van der Waals surface area contributed by atoms with Gasteiger partial charge in [0, 0.05) is 38.8 Å². The molecule has 7 heteroatoms. The molecule has 0 bridgehead atoms. The summed E-state index contributed by atoms with van der Waals surface area (Å²) in [5.41, 5.74) is 0. The number of nitrogens with zero attached hydrogens (tertiary/aromatic N) is 3. The summed E-state index contributed by atoms with van der Waals surface area (Å²) in [5, 5.41) is 3.40. The van der Waals surface area contributed by atoms with Crippen molar-refractivity contribution in [2.45, 2.75) is 43.3 Å². The molecule has 1 atom stereocenters. The molecule has 6 nitrogen and oxygen atoms in total. The normalized spacial score (nSPS) is 23.8. The highest BCUT2D eigenvalue weighted by atomic mass is 32.2. The van der Waals surface area contributed by atoms with Crippen molar-refractivity contribution in [1.82, 2.24) is 19.2 Å². The monoisotopic (exact) mass is 284 g/mol. The highest BCUT2D eigenvalue weighted by molar-refractivity contribution is 7.89. The van der Waals surface area contributed by atoms with Crippen molar-refractivity contribution in [1.29, 1.82) is 0 Å². The first-order valence-electron chi connectivity index (χ1n) is 6.84.